The van der Waals surface area contributed by atoms with Crippen LogP contribution in [0.25, 0.3) is 0 Å². The van der Waals surface area contributed by atoms with Crippen molar-refractivity contribution in [2.75, 3.05) is 13.1 Å². The molecule has 1 heterocycles. The van der Waals surface area contributed by atoms with Crippen LogP contribution in [0.15, 0.2) is 11.6 Å². The van der Waals surface area contributed by atoms with Crippen molar-refractivity contribution in [1.29, 1.82) is 0 Å². The Morgan fingerprint density at radius 3 is 2.24 bits per heavy atom. The predicted octanol–water partition coefficient (Wildman–Crippen LogP) is 2.43. The van der Waals surface area contributed by atoms with Crippen molar-refractivity contribution in [2.24, 2.45) is 5.73 Å². The Morgan fingerprint density at radius 1 is 1.28 bits per heavy atom. The Labute approximate surface area is 147 Å². The molecule has 3 N–H and O–H groups in total. The predicted molar refractivity (Wildman–Crippen MR) is 91.3 cm³/mol. The first-order chi connectivity index (χ1) is 11.4. The van der Waals surface area contributed by atoms with Crippen molar-refractivity contribution in [1.82, 2.24) is 10.2 Å². The molecule has 0 aliphatic carbocycles. The van der Waals surface area contributed by atoms with E-state index in [2.05, 4.69) is 5.32 Å². The first kappa shape index (κ1) is 21.3. The molecule has 0 aromatic carbocycles. The van der Waals surface area contributed by atoms with Gasteiger partial charge in [0.1, 0.15) is 5.60 Å². The highest BCUT2D eigenvalue weighted by Crippen LogP contribution is 2.28. The number of nitrogens with one attached hydrogen (secondary N) is 1. The number of allylic oxidation sites excluding steroid dienone is 1. The van der Waals surface area contributed by atoms with Crippen LogP contribution in [0.2, 0.25) is 0 Å². The fourth-order valence-corrected chi connectivity index (χ4v) is 2.51. The van der Waals surface area contributed by atoms with Crippen LogP contribution < -0.4 is 11.1 Å². The first-order valence-corrected chi connectivity index (χ1v) is 8.43. The maximum Gasteiger partial charge on any atom is 0.407 e. The van der Waals surface area contributed by atoms with Gasteiger partial charge in [0, 0.05) is 19.1 Å². The third-order valence-electron chi connectivity index (χ3n) is 4.14. The number of hydrogen-bond donors (Lipinski definition) is 2. The van der Waals surface area contributed by atoms with Gasteiger partial charge in [-0.15, -0.1) is 0 Å². The van der Waals surface area contributed by atoms with Gasteiger partial charge in [0.15, 0.2) is 6.04 Å². The lowest BCUT2D eigenvalue weighted by Gasteiger charge is -2.35. The minimum Gasteiger partial charge on any atom is -0.444 e. The molecule has 0 aromatic heterocycles. The minimum atomic E-state index is -3.38. The van der Waals surface area contributed by atoms with Crippen molar-refractivity contribution in [3.63, 3.8) is 0 Å². The van der Waals surface area contributed by atoms with Gasteiger partial charge in [-0.3, -0.25) is 4.79 Å². The molecular formula is C17H29F2N3O3. The van der Waals surface area contributed by atoms with E-state index in [0.29, 0.717) is 12.8 Å². The molecule has 0 aromatic rings. The topological polar surface area (TPSA) is 84.7 Å². The fourth-order valence-electron chi connectivity index (χ4n) is 2.51. The summed E-state index contributed by atoms with van der Waals surface area (Å²) in [5.74, 6) is -4.15. The summed E-state index contributed by atoms with van der Waals surface area (Å²) >= 11 is 0. The van der Waals surface area contributed by atoms with Crippen LogP contribution in [0.3, 0.4) is 0 Å². The normalized spacial score (nSPS) is 18.7. The van der Waals surface area contributed by atoms with Gasteiger partial charge in [0.25, 0.3) is 5.92 Å². The number of amides is 2. The van der Waals surface area contributed by atoms with Gasteiger partial charge in [-0.1, -0.05) is 6.08 Å². The molecule has 25 heavy (non-hydrogen) atoms. The quantitative estimate of drug-likeness (QED) is 0.753. The first-order valence-electron chi connectivity index (χ1n) is 8.43. The van der Waals surface area contributed by atoms with Gasteiger partial charge in [-0.05, 0) is 53.0 Å². The van der Waals surface area contributed by atoms with Crippen LogP contribution >= 0.6 is 0 Å². The number of carbonyl (C=O) groups excluding carboxylic acids is 2. The Bertz CT molecular complexity index is 522. The monoisotopic (exact) mass is 361 g/mol. The summed E-state index contributed by atoms with van der Waals surface area (Å²) in [5.41, 5.74) is 4.69. The van der Waals surface area contributed by atoms with E-state index in [1.54, 1.807) is 20.8 Å². The van der Waals surface area contributed by atoms with Crippen molar-refractivity contribution in [3.05, 3.63) is 11.6 Å². The molecule has 1 saturated heterocycles. The zero-order valence-corrected chi connectivity index (χ0v) is 15.6. The summed E-state index contributed by atoms with van der Waals surface area (Å²) in [6.07, 6.45) is 1.66. The zero-order valence-electron chi connectivity index (χ0n) is 15.6. The van der Waals surface area contributed by atoms with E-state index in [1.165, 1.54) is 24.8 Å². The van der Waals surface area contributed by atoms with Gasteiger partial charge in [-0.25, -0.2) is 4.79 Å². The van der Waals surface area contributed by atoms with Crippen LogP contribution in [-0.4, -0.2) is 53.6 Å². The smallest absolute Gasteiger partial charge is 0.407 e. The zero-order chi connectivity index (χ0) is 19.4. The summed E-state index contributed by atoms with van der Waals surface area (Å²) < 4.78 is 33.4. The molecule has 0 saturated carbocycles. The number of likely N-dealkylation sites (tertiary alicyclic amines) is 1. The molecule has 2 amide bonds. The van der Waals surface area contributed by atoms with Crippen LogP contribution in [-0.2, 0) is 9.53 Å². The molecule has 1 fully saturated rings. The number of nitrogens with zero attached hydrogens (tertiary/aromatic N) is 1. The lowest BCUT2D eigenvalue weighted by Crippen LogP contribution is -2.56. The number of halogens is 2. The highest BCUT2D eigenvalue weighted by atomic mass is 19.3. The van der Waals surface area contributed by atoms with E-state index in [1.807, 2.05) is 0 Å². The van der Waals surface area contributed by atoms with Crippen molar-refractivity contribution in [3.8, 4) is 0 Å². The number of carbonyl (C=O) groups is 2. The van der Waals surface area contributed by atoms with E-state index in [9.17, 15) is 18.4 Å². The summed E-state index contributed by atoms with van der Waals surface area (Å²) in [6, 6.07) is -2.06. The molecule has 144 valence electrons. The second-order valence-corrected chi connectivity index (χ2v) is 7.32. The second-order valence-electron chi connectivity index (χ2n) is 7.32. The molecule has 1 unspecified atom stereocenters. The number of rotatable bonds is 4. The average molecular weight is 361 g/mol. The summed E-state index contributed by atoms with van der Waals surface area (Å²) in [7, 11) is 0. The number of piperidine rings is 1. The largest absolute Gasteiger partial charge is 0.444 e. The molecule has 6 nitrogen and oxygen atoms in total. The van der Waals surface area contributed by atoms with Gasteiger partial charge in [-0.2, -0.15) is 8.78 Å². The van der Waals surface area contributed by atoms with E-state index in [4.69, 9.17) is 10.5 Å². The Morgan fingerprint density at radius 2 is 1.80 bits per heavy atom. The number of hydrogen-bond acceptors (Lipinski definition) is 4. The van der Waals surface area contributed by atoms with E-state index in [0.717, 1.165) is 0 Å². The van der Waals surface area contributed by atoms with E-state index >= 15 is 0 Å². The third kappa shape index (κ3) is 5.95. The van der Waals surface area contributed by atoms with Gasteiger partial charge < -0.3 is 20.7 Å². The van der Waals surface area contributed by atoms with Crippen LogP contribution in [0.5, 0.6) is 0 Å². The molecule has 1 aliphatic rings. The van der Waals surface area contributed by atoms with E-state index < -0.39 is 29.6 Å². The van der Waals surface area contributed by atoms with Crippen LogP contribution in [0.4, 0.5) is 13.6 Å². The Balaban J connectivity index is 2.56. The molecule has 0 bridgehead atoms. The van der Waals surface area contributed by atoms with Crippen molar-refractivity contribution >= 4 is 12.0 Å². The summed E-state index contributed by atoms with van der Waals surface area (Å²) in [5, 5.41) is 2.73. The molecular weight excluding hydrogens is 332 g/mol. The van der Waals surface area contributed by atoms with Crippen molar-refractivity contribution < 1.29 is 23.1 Å². The molecule has 1 atom stereocenters. The molecule has 1 rings (SSSR count). The van der Waals surface area contributed by atoms with Crippen LogP contribution in [0.1, 0.15) is 47.5 Å². The lowest BCUT2D eigenvalue weighted by molar-refractivity contribution is -0.140. The van der Waals surface area contributed by atoms with Gasteiger partial charge in [0.05, 0.1) is 0 Å². The summed E-state index contributed by atoms with van der Waals surface area (Å²) in [4.78, 5) is 25.3. The number of alkyl halides is 2. The van der Waals surface area contributed by atoms with Crippen LogP contribution in [0, 0.1) is 0 Å². The lowest BCUT2D eigenvalue weighted by atomic mass is 9.99. The number of nitrogens with two attached hydrogens (primary N) is 1. The molecule has 1 aliphatic heterocycles. The maximum atomic E-state index is 14.1. The molecule has 0 spiro atoms. The van der Waals surface area contributed by atoms with Gasteiger partial charge >= 0.3 is 6.09 Å². The van der Waals surface area contributed by atoms with Gasteiger partial charge in [0.2, 0.25) is 5.91 Å². The standard InChI is InChI=1S/C17H29F2N3O3/c1-6-11(2)17(18,19)13(20)14(23)22-9-7-12(8-10-22)21-15(24)25-16(3,4)5/h6,12-13H,7-10,20H2,1-5H3,(H,21,24)/b11-6+. The maximum absolute atomic E-state index is 14.1. The van der Waals surface area contributed by atoms with Crippen molar-refractivity contribution in [2.45, 2.75) is 71.1 Å². The number of alkyl carbamates (subject to hydrolysis) is 1. The molecule has 0 radical (unpaired) electrons. The highest BCUT2D eigenvalue weighted by molar-refractivity contribution is 5.83. The summed E-state index contributed by atoms with van der Waals surface area (Å²) in [6.45, 7) is 8.56. The second kappa shape index (κ2) is 8.12. The molecule has 8 heteroatoms. The number of ether oxygens (including phenoxy) is 1. The average Bonchev–Trinajstić information content (AvgIpc) is 2.51. The fraction of sp³-hybridized carbons (Fsp3) is 0.765. The Hall–Kier alpha value is -1.70. The van der Waals surface area contributed by atoms with E-state index in [-0.39, 0.29) is 24.7 Å². The highest BCUT2D eigenvalue weighted by Gasteiger charge is 2.45. The third-order valence-corrected chi connectivity index (χ3v) is 4.14. The Kier molecular flexibility index (Phi) is 6.93. The SMILES string of the molecule is C/C=C(\C)C(F)(F)C(N)C(=O)N1CCC(NC(=O)OC(C)(C)C)CC1. The minimum absolute atomic E-state index is 0.159.